The number of hydrogen-bond donors (Lipinski definition) is 1. The molecule has 15 heavy (non-hydrogen) atoms. The first-order chi connectivity index (χ1) is 7.31. The minimum Gasteiger partial charge on any atom is -0.329 e. The summed E-state index contributed by atoms with van der Waals surface area (Å²) in [4.78, 5) is 13.1. The first kappa shape index (κ1) is 9.60. The highest BCUT2D eigenvalue weighted by Crippen LogP contribution is 2.19. The minimum absolute atomic E-state index is 0.0621. The van der Waals surface area contributed by atoms with E-state index >= 15 is 0 Å². The molecule has 1 aromatic carbocycles. The molecular formula is C12H12N2O. The molecule has 76 valence electrons. The van der Waals surface area contributed by atoms with Crippen molar-refractivity contribution >= 4 is 6.03 Å². The van der Waals surface area contributed by atoms with Gasteiger partial charge in [0.2, 0.25) is 0 Å². The van der Waals surface area contributed by atoms with Crippen LogP contribution in [-0.4, -0.2) is 24.0 Å². The molecule has 1 aliphatic rings. The van der Waals surface area contributed by atoms with Crippen LogP contribution in [0.2, 0.25) is 0 Å². The molecule has 2 amide bonds. The van der Waals surface area contributed by atoms with Gasteiger partial charge in [0.1, 0.15) is 0 Å². The van der Waals surface area contributed by atoms with Gasteiger partial charge in [-0.2, -0.15) is 0 Å². The normalized spacial score (nSPS) is 19.8. The molecule has 1 fully saturated rings. The van der Waals surface area contributed by atoms with Crippen LogP contribution in [0, 0.1) is 12.3 Å². The van der Waals surface area contributed by atoms with E-state index in [1.165, 1.54) is 0 Å². The highest BCUT2D eigenvalue weighted by atomic mass is 16.2. The molecule has 0 saturated carbocycles. The SMILES string of the molecule is C#CCN1CC(c2ccccc2)NC1=O. The van der Waals surface area contributed by atoms with Crippen molar-refractivity contribution in [3.63, 3.8) is 0 Å². The summed E-state index contributed by atoms with van der Waals surface area (Å²) in [6.45, 7) is 1.02. The zero-order chi connectivity index (χ0) is 10.7. The second-order valence-electron chi connectivity index (χ2n) is 3.50. The Balaban J connectivity index is 2.10. The molecule has 1 unspecified atom stereocenters. The van der Waals surface area contributed by atoms with Crippen LogP contribution in [0.15, 0.2) is 30.3 Å². The Bertz CT molecular complexity index is 394. The first-order valence-electron chi connectivity index (χ1n) is 4.85. The molecule has 3 heteroatoms. The third kappa shape index (κ3) is 1.94. The lowest BCUT2D eigenvalue weighted by molar-refractivity contribution is 0.222. The summed E-state index contributed by atoms with van der Waals surface area (Å²) in [7, 11) is 0. The highest BCUT2D eigenvalue weighted by molar-refractivity contribution is 5.77. The van der Waals surface area contributed by atoms with Gasteiger partial charge in [-0.15, -0.1) is 6.42 Å². The predicted octanol–water partition coefficient (Wildman–Crippen LogP) is 1.39. The average Bonchev–Trinajstić information content (AvgIpc) is 2.63. The molecule has 3 nitrogen and oxygen atoms in total. The van der Waals surface area contributed by atoms with Gasteiger partial charge in [0.15, 0.2) is 0 Å². The minimum atomic E-state index is -0.0817. The van der Waals surface area contributed by atoms with Crippen molar-refractivity contribution in [3.8, 4) is 12.3 Å². The molecule has 1 saturated heterocycles. The Morgan fingerprint density at radius 2 is 2.20 bits per heavy atom. The predicted molar refractivity (Wildman–Crippen MR) is 58.1 cm³/mol. The summed E-state index contributed by atoms with van der Waals surface area (Å²) in [6.07, 6.45) is 5.18. The van der Waals surface area contributed by atoms with Crippen LogP contribution in [0.4, 0.5) is 4.79 Å². The van der Waals surface area contributed by atoms with Gasteiger partial charge in [0, 0.05) is 6.54 Å². The van der Waals surface area contributed by atoms with Crippen molar-refractivity contribution in [2.75, 3.05) is 13.1 Å². The van der Waals surface area contributed by atoms with E-state index in [0.717, 1.165) is 5.56 Å². The van der Waals surface area contributed by atoms with Crippen molar-refractivity contribution in [3.05, 3.63) is 35.9 Å². The number of carbonyl (C=O) groups excluding carboxylic acids is 1. The van der Waals surface area contributed by atoms with Crippen LogP contribution in [0.1, 0.15) is 11.6 Å². The molecular weight excluding hydrogens is 188 g/mol. The smallest absolute Gasteiger partial charge is 0.318 e. The van der Waals surface area contributed by atoms with E-state index < -0.39 is 0 Å². The van der Waals surface area contributed by atoms with E-state index in [1.54, 1.807) is 4.90 Å². The van der Waals surface area contributed by atoms with Crippen molar-refractivity contribution in [2.45, 2.75) is 6.04 Å². The van der Waals surface area contributed by atoms with Gasteiger partial charge in [0.25, 0.3) is 0 Å². The largest absolute Gasteiger partial charge is 0.329 e. The van der Waals surface area contributed by atoms with Gasteiger partial charge >= 0.3 is 6.03 Å². The lowest BCUT2D eigenvalue weighted by Gasteiger charge is -2.10. The summed E-state index contributed by atoms with van der Waals surface area (Å²) in [5, 5.41) is 2.90. The Hall–Kier alpha value is -1.95. The summed E-state index contributed by atoms with van der Waals surface area (Å²) in [6, 6.07) is 9.87. The Morgan fingerprint density at radius 3 is 2.87 bits per heavy atom. The first-order valence-corrected chi connectivity index (χ1v) is 4.85. The van der Waals surface area contributed by atoms with Gasteiger partial charge in [0.05, 0.1) is 12.6 Å². The summed E-state index contributed by atoms with van der Waals surface area (Å²) in [5.74, 6) is 2.48. The van der Waals surface area contributed by atoms with Gasteiger partial charge in [-0.25, -0.2) is 4.79 Å². The van der Waals surface area contributed by atoms with Crippen LogP contribution in [0.5, 0.6) is 0 Å². The summed E-state index contributed by atoms with van der Waals surface area (Å²) < 4.78 is 0. The number of amides is 2. The van der Waals surface area contributed by atoms with Gasteiger partial charge in [-0.3, -0.25) is 0 Å². The van der Waals surface area contributed by atoms with E-state index in [1.807, 2.05) is 30.3 Å². The molecule has 0 aliphatic carbocycles. The van der Waals surface area contributed by atoms with Crippen LogP contribution >= 0.6 is 0 Å². The fourth-order valence-corrected chi connectivity index (χ4v) is 1.71. The standard InChI is InChI=1S/C12H12N2O/c1-2-8-14-9-11(13-12(14)15)10-6-4-3-5-7-10/h1,3-7,11H,8-9H2,(H,13,15). The Morgan fingerprint density at radius 1 is 1.47 bits per heavy atom. The molecule has 0 bridgehead atoms. The van der Waals surface area contributed by atoms with Crippen LogP contribution < -0.4 is 5.32 Å². The maximum atomic E-state index is 11.5. The molecule has 0 spiro atoms. The second kappa shape index (κ2) is 4.05. The monoisotopic (exact) mass is 200 g/mol. The van der Waals surface area contributed by atoms with Crippen LogP contribution in [0.25, 0.3) is 0 Å². The maximum Gasteiger partial charge on any atom is 0.318 e. The molecule has 0 aromatic heterocycles. The topological polar surface area (TPSA) is 32.3 Å². The number of urea groups is 1. The molecule has 1 heterocycles. The van der Waals surface area contributed by atoms with Crippen LogP contribution in [0.3, 0.4) is 0 Å². The highest BCUT2D eigenvalue weighted by Gasteiger charge is 2.28. The Kier molecular flexibility index (Phi) is 2.59. The number of rotatable bonds is 2. The van der Waals surface area contributed by atoms with Crippen molar-refractivity contribution in [2.24, 2.45) is 0 Å². The van der Waals surface area contributed by atoms with E-state index in [4.69, 9.17) is 6.42 Å². The van der Waals surface area contributed by atoms with E-state index in [2.05, 4.69) is 11.2 Å². The fourth-order valence-electron chi connectivity index (χ4n) is 1.71. The average molecular weight is 200 g/mol. The van der Waals surface area contributed by atoms with Gasteiger partial charge in [-0.05, 0) is 5.56 Å². The van der Waals surface area contributed by atoms with Crippen molar-refractivity contribution in [1.82, 2.24) is 10.2 Å². The fraction of sp³-hybridized carbons (Fsp3) is 0.250. The summed E-state index contributed by atoms with van der Waals surface area (Å²) >= 11 is 0. The van der Waals surface area contributed by atoms with E-state index in [-0.39, 0.29) is 12.1 Å². The number of carbonyl (C=O) groups is 1. The van der Waals surface area contributed by atoms with Crippen molar-refractivity contribution < 1.29 is 4.79 Å². The number of nitrogens with one attached hydrogen (secondary N) is 1. The Labute approximate surface area is 89.1 Å². The number of hydrogen-bond acceptors (Lipinski definition) is 1. The lowest BCUT2D eigenvalue weighted by Crippen LogP contribution is -2.28. The molecule has 2 rings (SSSR count). The lowest BCUT2D eigenvalue weighted by atomic mass is 10.1. The molecule has 0 radical (unpaired) electrons. The zero-order valence-electron chi connectivity index (χ0n) is 8.31. The third-order valence-electron chi connectivity index (χ3n) is 2.47. The maximum absolute atomic E-state index is 11.5. The van der Waals surface area contributed by atoms with Gasteiger partial charge in [-0.1, -0.05) is 36.3 Å². The zero-order valence-corrected chi connectivity index (χ0v) is 8.31. The second-order valence-corrected chi connectivity index (χ2v) is 3.50. The van der Waals surface area contributed by atoms with E-state index in [9.17, 15) is 4.79 Å². The molecule has 1 N–H and O–H groups in total. The molecule has 1 atom stereocenters. The number of benzene rings is 1. The van der Waals surface area contributed by atoms with E-state index in [0.29, 0.717) is 13.1 Å². The molecule has 1 aromatic rings. The summed E-state index contributed by atoms with van der Waals surface area (Å²) in [5.41, 5.74) is 1.12. The van der Waals surface area contributed by atoms with Crippen molar-refractivity contribution in [1.29, 1.82) is 0 Å². The number of nitrogens with zero attached hydrogens (tertiary/aromatic N) is 1. The number of terminal acetylenes is 1. The third-order valence-corrected chi connectivity index (χ3v) is 2.47. The van der Waals surface area contributed by atoms with Crippen LogP contribution in [-0.2, 0) is 0 Å². The molecule has 1 aliphatic heterocycles. The van der Waals surface area contributed by atoms with Gasteiger partial charge < -0.3 is 10.2 Å². The quantitative estimate of drug-likeness (QED) is 0.719.